The number of hydrogen-bond donors (Lipinski definition) is 1. The van der Waals surface area contributed by atoms with Gasteiger partial charge in [0.15, 0.2) is 5.82 Å². The lowest BCUT2D eigenvalue weighted by Gasteiger charge is -2.08. The molecule has 0 unspecified atom stereocenters. The Hall–Kier alpha value is -2.70. The van der Waals surface area contributed by atoms with Crippen LogP contribution in [0, 0.1) is 0 Å². The van der Waals surface area contributed by atoms with Crippen molar-refractivity contribution in [1.82, 2.24) is 9.78 Å². The first-order valence-electron chi connectivity index (χ1n) is 9.83. The predicted octanol–water partition coefficient (Wildman–Crippen LogP) is 7.38. The quantitative estimate of drug-likeness (QED) is 0.276. The summed E-state index contributed by atoms with van der Waals surface area (Å²) in [7, 11) is 0. The molecule has 5 nitrogen and oxygen atoms in total. The number of amides is 1. The van der Waals surface area contributed by atoms with E-state index in [0.717, 1.165) is 11.1 Å². The van der Waals surface area contributed by atoms with Gasteiger partial charge >= 0.3 is 0 Å². The molecule has 0 aliphatic rings. The number of carbonyl (C=O) groups excluding carboxylic acids is 1. The fraction of sp³-hybridized carbons (Fsp3) is 0.0833. The second-order valence-corrected chi connectivity index (χ2v) is 8.84. The molecule has 0 aliphatic heterocycles. The van der Waals surface area contributed by atoms with E-state index < -0.39 is 0 Å². The predicted molar refractivity (Wildman–Crippen MR) is 133 cm³/mol. The summed E-state index contributed by atoms with van der Waals surface area (Å²) >= 11 is 24.4. The van der Waals surface area contributed by atoms with Crippen molar-refractivity contribution in [3.63, 3.8) is 0 Å². The molecule has 3 aromatic carbocycles. The number of nitrogens with zero attached hydrogens (tertiary/aromatic N) is 2. The van der Waals surface area contributed by atoms with E-state index in [1.54, 1.807) is 65.5 Å². The first kappa shape index (κ1) is 23.5. The van der Waals surface area contributed by atoms with E-state index in [1.807, 2.05) is 12.1 Å². The number of anilines is 1. The zero-order valence-corrected chi connectivity index (χ0v) is 20.1. The lowest BCUT2D eigenvalue weighted by molar-refractivity contribution is 0.102. The van der Waals surface area contributed by atoms with Gasteiger partial charge in [0.2, 0.25) is 0 Å². The number of ether oxygens (including phenoxy) is 1. The summed E-state index contributed by atoms with van der Waals surface area (Å²) in [5.41, 5.74) is 2.12. The summed E-state index contributed by atoms with van der Waals surface area (Å²) in [6.45, 7) is 0.684. The molecule has 33 heavy (non-hydrogen) atoms. The second kappa shape index (κ2) is 10.5. The Morgan fingerprint density at radius 1 is 0.909 bits per heavy atom. The lowest BCUT2D eigenvalue weighted by atomic mass is 10.1. The third-order valence-corrected chi connectivity index (χ3v) is 5.82. The van der Waals surface area contributed by atoms with Crippen molar-refractivity contribution in [2.24, 2.45) is 0 Å². The number of benzene rings is 3. The number of carbonyl (C=O) groups is 1. The van der Waals surface area contributed by atoms with E-state index in [-0.39, 0.29) is 11.7 Å². The maximum Gasteiger partial charge on any atom is 0.256 e. The Morgan fingerprint density at radius 3 is 2.42 bits per heavy atom. The molecule has 0 radical (unpaired) electrons. The number of aromatic nitrogens is 2. The van der Waals surface area contributed by atoms with Crippen molar-refractivity contribution in [2.75, 3.05) is 5.32 Å². The fourth-order valence-corrected chi connectivity index (χ4v) is 3.86. The van der Waals surface area contributed by atoms with Gasteiger partial charge in [-0.3, -0.25) is 9.48 Å². The number of rotatable bonds is 7. The Balaban J connectivity index is 1.41. The molecule has 4 aromatic rings. The molecule has 1 heterocycles. The van der Waals surface area contributed by atoms with Gasteiger partial charge in [-0.05, 0) is 59.7 Å². The molecule has 168 valence electrons. The van der Waals surface area contributed by atoms with Gasteiger partial charge in [-0.2, -0.15) is 5.10 Å². The van der Waals surface area contributed by atoms with Crippen LogP contribution in [0.5, 0.6) is 5.75 Å². The van der Waals surface area contributed by atoms with Crippen LogP contribution in [0.2, 0.25) is 20.1 Å². The summed E-state index contributed by atoms with van der Waals surface area (Å²) in [6.07, 6.45) is 1.62. The van der Waals surface area contributed by atoms with Gasteiger partial charge in [0, 0.05) is 26.8 Å². The van der Waals surface area contributed by atoms with Crippen molar-refractivity contribution in [2.45, 2.75) is 13.2 Å². The monoisotopic (exact) mass is 519 g/mol. The van der Waals surface area contributed by atoms with E-state index in [4.69, 9.17) is 51.1 Å². The van der Waals surface area contributed by atoms with Crippen molar-refractivity contribution in [3.8, 4) is 5.75 Å². The van der Waals surface area contributed by atoms with E-state index in [1.165, 1.54) is 0 Å². The van der Waals surface area contributed by atoms with Gasteiger partial charge in [-0.25, -0.2) is 0 Å². The molecule has 0 saturated carbocycles. The molecular weight excluding hydrogens is 504 g/mol. The maximum atomic E-state index is 12.8. The first-order valence-corrected chi connectivity index (χ1v) is 11.3. The highest BCUT2D eigenvalue weighted by atomic mass is 35.5. The smallest absolute Gasteiger partial charge is 0.256 e. The minimum Gasteiger partial charge on any atom is -0.489 e. The van der Waals surface area contributed by atoms with Gasteiger partial charge in [0.1, 0.15) is 17.4 Å². The highest BCUT2D eigenvalue weighted by Gasteiger charge is 2.14. The zero-order valence-electron chi connectivity index (χ0n) is 17.1. The van der Waals surface area contributed by atoms with Crippen molar-refractivity contribution < 1.29 is 9.53 Å². The molecular formula is C24H17Cl4N3O2. The lowest BCUT2D eigenvalue weighted by Crippen LogP contribution is -2.13. The molecule has 1 N–H and O–H groups in total. The number of nitrogens with one attached hydrogen (secondary N) is 1. The highest BCUT2D eigenvalue weighted by molar-refractivity contribution is 6.35. The average molecular weight is 521 g/mol. The molecule has 0 saturated heterocycles. The molecule has 0 fully saturated rings. The molecule has 1 aromatic heterocycles. The highest BCUT2D eigenvalue weighted by Crippen LogP contribution is 2.25. The van der Waals surface area contributed by atoms with Crippen LogP contribution in [0.15, 0.2) is 72.9 Å². The Morgan fingerprint density at radius 2 is 1.67 bits per heavy atom. The molecule has 9 heteroatoms. The van der Waals surface area contributed by atoms with Gasteiger partial charge in [0.05, 0.1) is 6.54 Å². The minimum atomic E-state index is -0.333. The van der Waals surface area contributed by atoms with Crippen LogP contribution in [0.25, 0.3) is 0 Å². The van der Waals surface area contributed by atoms with Crippen LogP contribution in [-0.4, -0.2) is 15.7 Å². The molecule has 4 rings (SSSR count). The summed E-state index contributed by atoms with van der Waals surface area (Å²) in [6, 6.07) is 19.4. The maximum absolute atomic E-state index is 12.8. The zero-order chi connectivity index (χ0) is 23.4. The van der Waals surface area contributed by atoms with E-state index in [0.29, 0.717) is 44.6 Å². The van der Waals surface area contributed by atoms with Crippen LogP contribution in [0.3, 0.4) is 0 Å². The SMILES string of the molecule is O=C(Nc1nn(Cc2ccc(Cl)cc2Cl)cc1Cl)c1cccc(COc2ccc(Cl)cc2)c1. The van der Waals surface area contributed by atoms with E-state index in [2.05, 4.69) is 10.4 Å². The van der Waals surface area contributed by atoms with Crippen LogP contribution in [-0.2, 0) is 13.2 Å². The largest absolute Gasteiger partial charge is 0.489 e. The summed E-state index contributed by atoms with van der Waals surface area (Å²) < 4.78 is 7.35. The molecule has 0 atom stereocenters. The first-order chi connectivity index (χ1) is 15.9. The van der Waals surface area contributed by atoms with Gasteiger partial charge in [-0.1, -0.05) is 64.6 Å². The van der Waals surface area contributed by atoms with Gasteiger partial charge in [0.25, 0.3) is 5.91 Å². The van der Waals surface area contributed by atoms with Crippen LogP contribution in [0.1, 0.15) is 21.5 Å². The summed E-state index contributed by atoms with van der Waals surface area (Å²) in [5.74, 6) is 0.613. The van der Waals surface area contributed by atoms with Crippen molar-refractivity contribution in [1.29, 1.82) is 0 Å². The topological polar surface area (TPSA) is 56.2 Å². The van der Waals surface area contributed by atoms with E-state index >= 15 is 0 Å². The summed E-state index contributed by atoms with van der Waals surface area (Å²) in [4.78, 5) is 12.8. The van der Waals surface area contributed by atoms with Crippen LogP contribution in [0.4, 0.5) is 5.82 Å². The Bertz CT molecular complexity index is 1290. The third-order valence-electron chi connectivity index (χ3n) is 4.70. The second-order valence-electron chi connectivity index (χ2n) is 7.16. The number of halogens is 4. The minimum absolute atomic E-state index is 0.259. The van der Waals surface area contributed by atoms with Crippen LogP contribution < -0.4 is 10.1 Å². The Kier molecular flexibility index (Phi) is 7.46. The third kappa shape index (κ3) is 6.21. The summed E-state index contributed by atoms with van der Waals surface area (Å²) in [5, 5.41) is 9.15. The van der Waals surface area contributed by atoms with Crippen molar-refractivity contribution in [3.05, 3.63) is 110 Å². The van der Waals surface area contributed by atoms with E-state index in [9.17, 15) is 4.79 Å². The van der Waals surface area contributed by atoms with Crippen LogP contribution >= 0.6 is 46.4 Å². The molecule has 1 amide bonds. The fourth-order valence-electron chi connectivity index (χ4n) is 3.07. The van der Waals surface area contributed by atoms with Gasteiger partial charge < -0.3 is 10.1 Å². The Labute approximate surface area is 210 Å². The molecule has 0 spiro atoms. The standard InChI is InChI=1S/C24H17Cl4N3O2/c25-18-6-8-20(9-7-18)33-14-15-2-1-3-16(10-15)24(32)29-23-22(28)13-31(30-23)12-17-4-5-19(26)11-21(17)27/h1-11,13H,12,14H2,(H,29,30,32). The molecule has 0 bridgehead atoms. The van der Waals surface area contributed by atoms with Crippen molar-refractivity contribution >= 4 is 58.1 Å². The molecule has 0 aliphatic carbocycles. The normalized spacial score (nSPS) is 10.8. The number of hydrogen-bond acceptors (Lipinski definition) is 3. The average Bonchev–Trinajstić information content (AvgIpc) is 3.14. The van der Waals surface area contributed by atoms with Gasteiger partial charge in [-0.15, -0.1) is 0 Å².